The molecular weight excluding hydrogens is 398 g/mol. The van der Waals surface area contributed by atoms with E-state index in [4.69, 9.17) is 13.5 Å². The maximum Gasteiger partial charge on any atom is 0.277 e. The Balaban J connectivity index is 1.25. The predicted octanol–water partition coefficient (Wildman–Crippen LogP) is 2.67. The highest BCUT2D eigenvalue weighted by Crippen LogP contribution is 2.24. The Morgan fingerprint density at radius 3 is 2.97 bits per heavy atom. The summed E-state index contributed by atoms with van der Waals surface area (Å²) in [5.41, 5.74) is 0.743. The Morgan fingerprint density at radius 1 is 1.24 bits per heavy atom. The molecule has 0 radical (unpaired) electrons. The minimum Gasteiger partial charge on any atom is -0.411 e. The first-order valence-electron chi connectivity index (χ1n) is 8.57. The fraction of sp³-hybridized carbons (Fsp3) is 0.235. The van der Waals surface area contributed by atoms with Crippen LogP contribution in [0.3, 0.4) is 0 Å². The van der Waals surface area contributed by atoms with E-state index in [9.17, 15) is 4.79 Å². The zero-order valence-electron chi connectivity index (χ0n) is 15.2. The van der Waals surface area contributed by atoms with Gasteiger partial charge in [0.25, 0.3) is 5.22 Å². The van der Waals surface area contributed by atoms with Gasteiger partial charge in [0, 0.05) is 31.3 Å². The summed E-state index contributed by atoms with van der Waals surface area (Å²) in [7, 11) is 0. The second kappa shape index (κ2) is 8.65. The Labute approximate surface area is 168 Å². The summed E-state index contributed by atoms with van der Waals surface area (Å²) >= 11 is 1.29. The molecule has 0 aliphatic heterocycles. The molecule has 29 heavy (non-hydrogen) atoms. The predicted molar refractivity (Wildman–Crippen MR) is 99.6 cm³/mol. The van der Waals surface area contributed by atoms with Crippen LogP contribution in [0.5, 0.6) is 0 Å². The molecule has 0 saturated carbocycles. The molecule has 12 heteroatoms. The fourth-order valence-electron chi connectivity index (χ4n) is 2.30. The monoisotopic (exact) mass is 413 g/mol. The van der Waals surface area contributed by atoms with Crippen molar-refractivity contribution in [1.82, 2.24) is 30.5 Å². The zero-order valence-corrected chi connectivity index (χ0v) is 16.0. The molecule has 0 unspecified atom stereocenters. The van der Waals surface area contributed by atoms with E-state index in [2.05, 4.69) is 35.8 Å². The van der Waals surface area contributed by atoms with Gasteiger partial charge >= 0.3 is 0 Å². The Hall–Kier alpha value is -3.54. The van der Waals surface area contributed by atoms with E-state index >= 15 is 0 Å². The van der Waals surface area contributed by atoms with Gasteiger partial charge in [-0.1, -0.05) is 22.1 Å². The van der Waals surface area contributed by atoms with Crippen LogP contribution < -0.4 is 5.32 Å². The number of hydrogen-bond acceptors (Lipinski definition) is 11. The molecule has 4 rings (SSSR count). The largest absolute Gasteiger partial charge is 0.411 e. The number of rotatable bonds is 8. The summed E-state index contributed by atoms with van der Waals surface area (Å²) in [6, 6.07) is 5.26. The van der Waals surface area contributed by atoms with Gasteiger partial charge in [0.2, 0.25) is 17.7 Å². The van der Waals surface area contributed by atoms with Gasteiger partial charge in [-0.05, 0) is 19.1 Å². The van der Waals surface area contributed by atoms with Crippen LogP contribution in [0, 0.1) is 6.92 Å². The van der Waals surface area contributed by atoms with Gasteiger partial charge in [0.15, 0.2) is 11.6 Å². The van der Waals surface area contributed by atoms with Crippen LogP contribution in [0.15, 0.2) is 49.3 Å². The highest BCUT2D eigenvalue weighted by atomic mass is 32.2. The van der Waals surface area contributed by atoms with Gasteiger partial charge in [-0.15, -0.1) is 10.2 Å². The molecule has 0 atom stereocenters. The van der Waals surface area contributed by atoms with E-state index in [1.54, 1.807) is 31.5 Å². The van der Waals surface area contributed by atoms with E-state index < -0.39 is 0 Å². The third kappa shape index (κ3) is 5.04. The van der Waals surface area contributed by atoms with Crippen molar-refractivity contribution in [3.8, 4) is 11.5 Å². The molecule has 11 nitrogen and oxygen atoms in total. The molecule has 148 valence electrons. The maximum absolute atomic E-state index is 11.9. The van der Waals surface area contributed by atoms with Crippen LogP contribution >= 0.6 is 11.8 Å². The summed E-state index contributed by atoms with van der Waals surface area (Å²) in [6.07, 6.45) is 3.81. The molecule has 4 aromatic rings. The molecule has 0 saturated heterocycles. The van der Waals surface area contributed by atoms with Crippen LogP contribution in [-0.4, -0.2) is 36.4 Å². The van der Waals surface area contributed by atoms with Crippen molar-refractivity contribution < 1.29 is 18.3 Å². The summed E-state index contributed by atoms with van der Waals surface area (Å²) in [6.45, 7) is 1.74. The van der Waals surface area contributed by atoms with Gasteiger partial charge in [0.1, 0.15) is 5.76 Å². The summed E-state index contributed by atoms with van der Waals surface area (Å²) in [5, 5.41) is 18.6. The number of nitrogens with one attached hydrogen (secondary N) is 1. The molecule has 0 aromatic carbocycles. The van der Waals surface area contributed by atoms with Crippen molar-refractivity contribution in [3.05, 3.63) is 48.1 Å². The van der Waals surface area contributed by atoms with Crippen molar-refractivity contribution in [2.75, 3.05) is 5.32 Å². The summed E-state index contributed by atoms with van der Waals surface area (Å²) < 4.78 is 15.6. The number of pyridine rings is 1. The first-order valence-corrected chi connectivity index (χ1v) is 9.55. The van der Waals surface area contributed by atoms with E-state index in [0.29, 0.717) is 46.6 Å². The van der Waals surface area contributed by atoms with Crippen molar-refractivity contribution in [3.63, 3.8) is 0 Å². The number of carbonyl (C=O) groups is 1. The van der Waals surface area contributed by atoms with Crippen molar-refractivity contribution in [1.29, 1.82) is 0 Å². The quantitative estimate of drug-likeness (QED) is 0.425. The van der Waals surface area contributed by atoms with Crippen LogP contribution in [0.25, 0.3) is 11.5 Å². The third-order valence-corrected chi connectivity index (χ3v) is 4.43. The molecule has 1 amide bonds. The van der Waals surface area contributed by atoms with Gasteiger partial charge in [0.05, 0.1) is 11.3 Å². The molecule has 0 spiro atoms. The third-order valence-electron chi connectivity index (χ3n) is 3.61. The lowest BCUT2D eigenvalue weighted by Gasteiger charge is -1.98. The van der Waals surface area contributed by atoms with Crippen molar-refractivity contribution in [2.45, 2.75) is 30.7 Å². The van der Waals surface area contributed by atoms with Crippen molar-refractivity contribution in [2.24, 2.45) is 0 Å². The molecule has 1 N–H and O–H groups in total. The van der Waals surface area contributed by atoms with E-state index in [0.717, 1.165) is 5.56 Å². The number of anilines is 1. The average Bonchev–Trinajstić information content (AvgIpc) is 3.47. The molecule has 4 heterocycles. The lowest BCUT2D eigenvalue weighted by atomic mass is 10.3. The lowest BCUT2D eigenvalue weighted by Crippen LogP contribution is -2.12. The van der Waals surface area contributed by atoms with E-state index in [1.165, 1.54) is 11.8 Å². The van der Waals surface area contributed by atoms with Crippen LogP contribution in [-0.2, 0) is 17.0 Å². The van der Waals surface area contributed by atoms with Gasteiger partial charge in [-0.2, -0.15) is 4.98 Å². The maximum atomic E-state index is 11.9. The highest BCUT2D eigenvalue weighted by molar-refractivity contribution is 7.98. The van der Waals surface area contributed by atoms with Gasteiger partial charge in [-0.3, -0.25) is 9.78 Å². The Morgan fingerprint density at radius 2 is 2.17 bits per heavy atom. The number of thioether (sulfide) groups is 1. The first kappa shape index (κ1) is 18.8. The SMILES string of the molecule is Cc1cc(NC(=O)CCc2nc(CSc3nnc(-c4cccnc4)o3)no2)no1. The number of nitrogens with zero attached hydrogens (tertiary/aromatic N) is 6. The molecule has 0 aliphatic rings. The normalized spacial score (nSPS) is 10.9. The van der Waals surface area contributed by atoms with Crippen LogP contribution in [0.2, 0.25) is 0 Å². The smallest absolute Gasteiger partial charge is 0.277 e. The first-order chi connectivity index (χ1) is 14.2. The number of aromatic nitrogens is 6. The highest BCUT2D eigenvalue weighted by Gasteiger charge is 2.13. The second-order valence-corrected chi connectivity index (χ2v) is 6.81. The zero-order chi connectivity index (χ0) is 20.1. The summed E-state index contributed by atoms with van der Waals surface area (Å²) in [4.78, 5) is 20.2. The fourth-order valence-corrected chi connectivity index (χ4v) is 2.91. The minimum absolute atomic E-state index is 0.179. The van der Waals surface area contributed by atoms with Gasteiger partial charge in [-0.25, -0.2) is 0 Å². The molecule has 0 aliphatic carbocycles. The summed E-state index contributed by atoms with van der Waals surface area (Å²) in [5.74, 6) is 2.40. The topological polar surface area (TPSA) is 146 Å². The van der Waals surface area contributed by atoms with Crippen molar-refractivity contribution >= 4 is 23.5 Å². The minimum atomic E-state index is -0.221. The molecule has 4 aromatic heterocycles. The number of amides is 1. The lowest BCUT2D eigenvalue weighted by molar-refractivity contribution is -0.116. The number of carbonyl (C=O) groups excluding carboxylic acids is 1. The molecular formula is C17H15N7O4S. The average molecular weight is 413 g/mol. The Bertz CT molecular complexity index is 1090. The Kier molecular flexibility index (Phi) is 5.61. The second-order valence-electron chi connectivity index (χ2n) is 5.88. The molecule has 0 bridgehead atoms. The van der Waals surface area contributed by atoms with Gasteiger partial charge < -0.3 is 18.8 Å². The molecule has 0 fully saturated rings. The number of hydrogen-bond donors (Lipinski definition) is 1. The number of aryl methyl sites for hydroxylation is 2. The van der Waals surface area contributed by atoms with Crippen LogP contribution in [0.1, 0.15) is 23.9 Å². The van der Waals surface area contributed by atoms with E-state index in [1.807, 2.05) is 6.07 Å². The van der Waals surface area contributed by atoms with Crippen LogP contribution in [0.4, 0.5) is 5.82 Å². The standard InChI is InChI=1S/C17H15N7O4S/c1-10-7-12(23-27-10)19-14(25)4-5-15-20-13(24-28-15)9-29-17-22-21-16(26-17)11-3-2-6-18-8-11/h2-3,6-8H,4-5,9H2,1H3,(H,19,23,25). The van der Waals surface area contributed by atoms with E-state index in [-0.39, 0.29) is 12.3 Å².